The van der Waals surface area contributed by atoms with Crippen LogP contribution in [0, 0.1) is 6.92 Å². The van der Waals surface area contributed by atoms with E-state index in [2.05, 4.69) is 57.5 Å². The maximum absolute atomic E-state index is 11.2. The first kappa shape index (κ1) is 15.0. The average Bonchev–Trinajstić information content (AvgIpc) is 2.64. The highest BCUT2D eigenvalue weighted by molar-refractivity contribution is 9.11. The zero-order valence-electron chi connectivity index (χ0n) is 9.50. The van der Waals surface area contributed by atoms with E-state index in [1.807, 2.05) is 12.1 Å². The van der Waals surface area contributed by atoms with Crippen LogP contribution >= 0.6 is 59.3 Å². The van der Waals surface area contributed by atoms with Gasteiger partial charge in [0.15, 0.2) is 0 Å². The summed E-state index contributed by atoms with van der Waals surface area (Å²) >= 11 is 11.4. The molecule has 1 aromatic heterocycles. The first-order valence-corrected chi connectivity index (χ1v) is 8.16. The van der Waals surface area contributed by atoms with Gasteiger partial charge in [-0.1, -0.05) is 15.9 Å². The fraction of sp³-hybridized carbons (Fsp3) is 0.0909. The third-order valence-corrected chi connectivity index (χ3v) is 4.88. The van der Waals surface area contributed by atoms with E-state index in [1.54, 1.807) is 6.92 Å². The van der Waals surface area contributed by atoms with Gasteiger partial charge in [0.25, 0.3) is 0 Å². The molecule has 0 amide bonds. The lowest BCUT2D eigenvalue weighted by Crippen LogP contribution is -2.02. The fourth-order valence-electron chi connectivity index (χ4n) is 1.48. The number of carbonyl (C=O) groups is 1. The van der Waals surface area contributed by atoms with E-state index in [0.29, 0.717) is 10.7 Å². The summed E-state index contributed by atoms with van der Waals surface area (Å²) in [7, 11) is 0. The summed E-state index contributed by atoms with van der Waals surface area (Å²) in [5, 5.41) is 12.8. The highest BCUT2D eigenvalue weighted by Gasteiger charge is 2.19. The zero-order chi connectivity index (χ0) is 14.2. The van der Waals surface area contributed by atoms with Gasteiger partial charge in [-0.25, -0.2) is 4.79 Å². The molecule has 8 heteroatoms. The number of nitrogens with one attached hydrogen (secondary N) is 1. The van der Waals surface area contributed by atoms with Crippen molar-refractivity contribution in [2.45, 2.75) is 6.92 Å². The second-order valence-electron chi connectivity index (χ2n) is 3.65. The predicted octanol–water partition coefficient (Wildman–Crippen LogP) is 5.18. The Morgan fingerprint density at radius 3 is 2.42 bits per heavy atom. The Labute approximate surface area is 138 Å². The molecule has 4 nitrogen and oxygen atoms in total. The van der Waals surface area contributed by atoms with Crippen LogP contribution in [0.25, 0.3) is 0 Å². The molecule has 0 aliphatic rings. The molecule has 0 radical (unpaired) electrons. The summed E-state index contributed by atoms with van der Waals surface area (Å²) in [6, 6.07) is 3.75. The molecule has 0 spiro atoms. The average molecular weight is 471 g/mol. The maximum atomic E-state index is 11.2. The number of aromatic nitrogens is 1. The number of anilines is 2. The van der Waals surface area contributed by atoms with Crippen molar-refractivity contribution in [3.05, 3.63) is 36.8 Å². The molecule has 1 heterocycles. The van der Waals surface area contributed by atoms with Crippen LogP contribution in [0.2, 0.25) is 0 Å². The molecule has 0 unspecified atom stereocenters. The maximum Gasteiger partial charge on any atom is 0.340 e. The number of rotatable bonds is 3. The summed E-state index contributed by atoms with van der Waals surface area (Å²) in [5.74, 6) is -0.988. The van der Waals surface area contributed by atoms with Gasteiger partial charge in [-0.05, 0) is 62.4 Å². The molecular weight excluding hydrogens is 464 g/mol. The molecule has 100 valence electrons. The lowest BCUT2D eigenvalue weighted by Gasteiger charge is -2.10. The van der Waals surface area contributed by atoms with Gasteiger partial charge in [-0.3, -0.25) is 0 Å². The lowest BCUT2D eigenvalue weighted by molar-refractivity contribution is 0.0697. The van der Waals surface area contributed by atoms with Crippen LogP contribution in [-0.2, 0) is 0 Å². The van der Waals surface area contributed by atoms with Crippen LogP contribution in [0.4, 0.5) is 10.7 Å². The van der Waals surface area contributed by atoms with E-state index < -0.39 is 5.97 Å². The second-order valence-corrected chi connectivity index (χ2v) is 7.04. The fourth-order valence-corrected chi connectivity index (χ4v) is 4.73. The van der Waals surface area contributed by atoms with Gasteiger partial charge in [0.1, 0.15) is 10.6 Å². The molecular formula is C11H7Br3N2O2S. The summed E-state index contributed by atoms with van der Waals surface area (Å²) in [6.45, 7) is 1.68. The Kier molecular flexibility index (Phi) is 4.65. The normalized spacial score (nSPS) is 10.5. The number of benzene rings is 1. The van der Waals surface area contributed by atoms with Gasteiger partial charge in [0.2, 0.25) is 0 Å². The van der Waals surface area contributed by atoms with Crippen molar-refractivity contribution in [3.8, 4) is 0 Å². The van der Waals surface area contributed by atoms with E-state index in [9.17, 15) is 9.90 Å². The number of hydrogen-bond acceptors (Lipinski definition) is 4. The monoisotopic (exact) mass is 468 g/mol. The highest BCUT2D eigenvalue weighted by Crippen LogP contribution is 2.38. The molecule has 0 aliphatic carbocycles. The van der Waals surface area contributed by atoms with E-state index in [1.165, 1.54) is 0 Å². The Morgan fingerprint density at radius 1 is 1.32 bits per heavy atom. The molecule has 2 rings (SSSR count). The number of carboxylic acids is 1. The summed E-state index contributed by atoms with van der Waals surface area (Å²) < 4.78 is 6.61. The number of carboxylic acid groups (broad SMARTS) is 1. The van der Waals surface area contributed by atoms with Gasteiger partial charge in [-0.15, -0.1) is 0 Å². The van der Waals surface area contributed by atoms with Gasteiger partial charge < -0.3 is 10.4 Å². The molecule has 19 heavy (non-hydrogen) atoms. The molecule has 0 saturated heterocycles. The van der Waals surface area contributed by atoms with E-state index in [-0.39, 0.29) is 5.56 Å². The minimum atomic E-state index is -0.988. The van der Waals surface area contributed by atoms with Crippen molar-refractivity contribution in [1.82, 2.24) is 4.37 Å². The minimum Gasteiger partial charge on any atom is -0.478 e. The number of aromatic carboxylic acids is 1. The Morgan fingerprint density at radius 2 is 1.89 bits per heavy atom. The number of hydrogen-bond donors (Lipinski definition) is 2. The topological polar surface area (TPSA) is 62.2 Å². The van der Waals surface area contributed by atoms with Gasteiger partial charge in [0.05, 0.1) is 11.4 Å². The highest BCUT2D eigenvalue weighted by atomic mass is 79.9. The van der Waals surface area contributed by atoms with Crippen molar-refractivity contribution in [2.24, 2.45) is 0 Å². The van der Waals surface area contributed by atoms with Crippen molar-refractivity contribution >= 4 is 76.0 Å². The summed E-state index contributed by atoms with van der Waals surface area (Å²) in [5.41, 5.74) is 1.46. The van der Waals surface area contributed by atoms with Crippen LogP contribution in [0.3, 0.4) is 0 Å². The molecule has 0 atom stereocenters. The molecule has 2 aromatic rings. The quantitative estimate of drug-likeness (QED) is 0.648. The van der Waals surface area contributed by atoms with Gasteiger partial charge in [-0.2, -0.15) is 4.37 Å². The van der Waals surface area contributed by atoms with Crippen molar-refractivity contribution in [2.75, 3.05) is 5.32 Å². The molecule has 1 aromatic carbocycles. The van der Waals surface area contributed by atoms with Crippen LogP contribution in [0.5, 0.6) is 0 Å². The van der Waals surface area contributed by atoms with E-state index in [4.69, 9.17) is 0 Å². The lowest BCUT2D eigenvalue weighted by atomic mass is 10.2. The largest absolute Gasteiger partial charge is 0.478 e. The number of aryl methyl sites for hydroxylation is 1. The van der Waals surface area contributed by atoms with Crippen molar-refractivity contribution < 1.29 is 9.90 Å². The molecule has 0 saturated carbocycles. The predicted molar refractivity (Wildman–Crippen MR) is 86.6 cm³/mol. The first-order chi connectivity index (χ1) is 8.90. The van der Waals surface area contributed by atoms with Gasteiger partial charge in [0, 0.05) is 13.4 Å². The smallest absolute Gasteiger partial charge is 0.340 e. The third kappa shape index (κ3) is 3.18. The van der Waals surface area contributed by atoms with E-state index in [0.717, 1.165) is 30.6 Å². The first-order valence-electron chi connectivity index (χ1n) is 5.01. The Hall–Kier alpha value is -0.440. The van der Waals surface area contributed by atoms with Crippen LogP contribution in [0.15, 0.2) is 25.6 Å². The van der Waals surface area contributed by atoms with Gasteiger partial charge >= 0.3 is 5.97 Å². The summed E-state index contributed by atoms with van der Waals surface area (Å²) in [6.07, 6.45) is 0. The van der Waals surface area contributed by atoms with Crippen LogP contribution < -0.4 is 5.32 Å². The van der Waals surface area contributed by atoms with Crippen LogP contribution in [0.1, 0.15) is 16.1 Å². The molecule has 0 bridgehead atoms. The molecule has 0 fully saturated rings. The SMILES string of the molecule is Cc1nsc(Nc2c(Br)cc(Br)cc2Br)c1C(=O)O. The Balaban J connectivity index is 2.45. The van der Waals surface area contributed by atoms with Crippen LogP contribution in [-0.4, -0.2) is 15.4 Å². The third-order valence-electron chi connectivity index (χ3n) is 2.32. The summed E-state index contributed by atoms with van der Waals surface area (Å²) in [4.78, 5) is 11.2. The van der Waals surface area contributed by atoms with E-state index >= 15 is 0 Å². The Bertz CT molecular complexity index is 634. The number of nitrogens with zero attached hydrogens (tertiary/aromatic N) is 1. The second kappa shape index (κ2) is 5.90. The number of halogens is 3. The molecule has 0 aliphatic heterocycles. The zero-order valence-corrected chi connectivity index (χ0v) is 15.1. The van der Waals surface area contributed by atoms with Crippen molar-refractivity contribution in [1.29, 1.82) is 0 Å². The minimum absolute atomic E-state index is 0.201. The molecule has 2 N–H and O–H groups in total. The van der Waals surface area contributed by atoms with Crippen molar-refractivity contribution in [3.63, 3.8) is 0 Å². The standard InChI is InChI=1S/C11H7Br3N2O2S/c1-4-8(11(17)18)10(19-16-4)15-9-6(13)2-5(12)3-7(9)14/h2-3,15H,1H3,(H,17,18).